The molecule has 0 saturated carbocycles. The lowest BCUT2D eigenvalue weighted by atomic mass is 10.0. The van der Waals surface area contributed by atoms with E-state index in [0.717, 1.165) is 21.5 Å². The maximum absolute atomic E-state index is 5.65. The van der Waals surface area contributed by atoms with Crippen molar-refractivity contribution in [3.63, 3.8) is 0 Å². The van der Waals surface area contributed by atoms with Crippen LogP contribution in [-0.4, -0.2) is 13.2 Å². The van der Waals surface area contributed by atoms with Crippen LogP contribution in [0.25, 0.3) is 0 Å². The molecule has 0 N–H and O–H groups in total. The zero-order chi connectivity index (χ0) is 14.1. The van der Waals surface area contributed by atoms with Crippen molar-refractivity contribution in [1.29, 1.82) is 0 Å². The van der Waals surface area contributed by atoms with Crippen LogP contribution in [0.5, 0.6) is 11.5 Å². The largest absolute Gasteiger partial charge is 0.486 e. The average molecular weight is 510 g/mol. The van der Waals surface area contributed by atoms with Gasteiger partial charge in [-0.05, 0) is 64.0 Å². The predicted molar refractivity (Wildman–Crippen MR) is 95.1 cm³/mol. The topological polar surface area (TPSA) is 18.5 Å². The van der Waals surface area contributed by atoms with Gasteiger partial charge in [-0.3, -0.25) is 0 Å². The lowest BCUT2D eigenvalue weighted by Crippen LogP contribution is -2.15. The normalized spacial score (nSPS) is 14.9. The molecule has 1 aliphatic heterocycles. The molecular formula is C15H11Br2IO2. The van der Waals surface area contributed by atoms with Gasteiger partial charge >= 0.3 is 0 Å². The second-order valence-corrected chi connectivity index (χ2v) is 7.43. The number of benzene rings is 2. The molecule has 0 radical (unpaired) electrons. The summed E-state index contributed by atoms with van der Waals surface area (Å²) in [5.41, 5.74) is 2.39. The first kappa shape index (κ1) is 14.7. The van der Waals surface area contributed by atoms with E-state index in [-0.39, 0.29) is 4.83 Å². The van der Waals surface area contributed by atoms with Gasteiger partial charge in [-0.2, -0.15) is 0 Å². The average Bonchev–Trinajstić information content (AvgIpc) is 2.48. The molecular weight excluding hydrogens is 499 g/mol. The van der Waals surface area contributed by atoms with Crippen molar-refractivity contribution in [2.45, 2.75) is 4.83 Å². The number of rotatable bonds is 2. The summed E-state index contributed by atoms with van der Waals surface area (Å²) in [6.45, 7) is 1.23. The Morgan fingerprint density at radius 2 is 1.75 bits per heavy atom. The summed E-state index contributed by atoms with van der Waals surface area (Å²) in [7, 11) is 0. The highest BCUT2D eigenvalue weighted by Gasteiger charge is 2.18. The lowest BCUT2D eigenvalue weighted by Gasteiger charge is -2.20. The van der Waals surface area contributed by atoms with Crippen LogP contribution in [0.1, 0.15) is 16.0 Å². The first-order chi connectivity index (χ1) is 9.65. The maximum atomic E-state index is 5.65. The van der Waals surface area contributed by atoms with E-state index in [1.54, 1.807) is 0 Å². The molecule has 1 aliphatic rings. The van der Waals surface area contributed by atoms with Crippen LogP contribution in [0.2, 0.25) is 0 Å². The van der Waals surface area contributed by atoms with Gasteiger partial charge in [0, 0.05) is 8.04 Å². The van der Waals surface area contributed by atoms with E-state index >= 15 is 0 Å². The second-order valence-electron chi connectivity index (χ2n) is 4.43. The molecule has 1 atom stereocenters. The van der Waals surface area contributed by atoms with Crippen molar-refractivity contribution >= 4 is 54.5 Å². The molecule has 0 aliphatic carbocycles. The number of alkyl halides is 1. The molecule has 3 rings (SSSR count). The van der Waals surface area contributed by atoms with Crippen LogP contribution in [-0.2, 0) is 0 Å². The second kappa shape index (κ2) is 6.23. The number of fused-ring (bicyclic) bond motifs is 1. The standard InChI is InChI=1S/C15H11Br2IO2/c16-10-2-3-12(18)11(8-10)15(17)9-1-4-13-14(7-9)20-6-5-19-13/h1-4,7-8,15H,5-6H2. The Morgan fingerprint density at radius 1 is 1.00 bits per heavy atom. The van der Waals surface area contributed by atoms with E-state index in [2.05, 4.69) is 78.7 Å². The third-order valence-corrected chi connectivity index (χ3v) is 5.59. The Balaban J connectivity index is 1.97. The minimum Gasteiger partial charge on any atom is -0.486 e. The summed E-state index contributed by atoms with van der Waals surface area (Å²) in [6.07, 6.45) is 0. The Bertz CT molecular complexity index is 646. The molecule has 2 aromatic rings. The zero-order valence-electron chi connectivity index (χ0n) is 10.4. The quantitative estimate of drug-likeness (QED) is 0.403. The molecule has 0 bridgehead atoms. The van der Waals surface area contributed by atoms with Crippen molar-refractivity contribution in [2.24, 2.45) is 0 Å². The van der Waals surface area contributed by atoms with E-state index in [1.807, 2.05) is 12.1 Å². The molecule has 0 spiro atoms. The van der Waals surface area contributed by atoms with E-state index in [1.165, 1.54) is 9.13 Å². The van der Waals surface area contributed by atoms with Gasteiger partial charge in [-0.1, -0.05) is 37.9 Å². The van der Waals surface area contributed by atoms with Crippen molar-refractivity contribution in [2.75, 3.05) is 13.2 Å². The SMILES string of the molecule is Brc1ccc(I)c(C(Br)c2ccc3c(c2)OCCO3)c1. The fourth-order valence-corrected chi connectivity index (χ4v) is 4.22. The van der Waals surface area contributed by atoms with Crippen LogP contribution in [0, 0.1) is 3.57 Å². The monoisotopic (exact) mass is 508 g/mol. The Hall–Kier alpha value is -0.270. The summed E-state index contributed by atoms with van der Waals surface area (Å²) in [6, 6.07) is 12.4. The fraction of sp³-hybridized carbons (Fsp3) is 0.200. The summed E-state index contributed by atoms with van der Waals surface area (Å²) >= 11 is 9.67. The zero-order valence-corrected chi connectivity index (χ0v) is 15.7. The smallest absolute Gasteiger partial charge is 0.161 e. The first-order valence-electron chi connectivity index (χ1n) is 6.14. The van der Waals surface area contributed by atoms with E-state index < -0.39 is 0 Å². The number of ether oxygens (including phenoxy) is 2. The molecule has 1 heterocycles. The highest BCUT2D eigenvalue weighted by Crippen LogP contribution is 2.39. The molecule has 5 heteroatoms. The summed E-state index contributed by atoms with van der Waals surface area (Å²) < 4.78 is 13.5. The van der Waals surface area contributed by atoms with Crippen LogP contribution >= 0.6 is 54.5 Å². The third-order valence-electron chi connectivity index (χ3n) is 3.09. The van der Waals surface area contributed by atoms with Gasteiger partial charge < -0.3 is 9.47 Å². The van der Waals surface area contributed by atoms with E-state index in [0.29, 0.717) is 13.2 Å². The summed E-state index contributed by atoms with van der Waals surface area (Å²) in [5.74, 6) is 1.65. The molecule has 20 heavy (non-hydrogen) atoms. The molecule has 2 aromatic carbocycles. The van der Waals surface area contributed by atoms with Gasteiger partial charge in [0.1, 0.15) is 13.2 Å². The van der Waals surface area contributed by atoms with Crippen molar-refractivity contribution in [3.05, 3.63) is 55.6 Å². The molecule has 1 unspecified atom stereocenters. The molecule has 0 fully saturated rings. The summed E-state index contributed by atoms with van der Waals surface area (Å²) in [5, 5.41) is 0. The van der Waals surface area contributed by atoms with Gasteiger partial charge in [0.15, 0.2) is 11.5 Å². The molecule has 104 valence electrons. The molecule has 0 amide bonds. The van der Waals surface area contributed by atoms with Crippen LogP contribution in [0.15, 0.2) is 40.9 Å². The highest BCUT2D eigenvalue weighted by molar-refractivity contribution is 14.1. The van der Waals surface area contributed by atoms with Crippen molar-refractivity contribution in [3.8, 4) is 11.5 Å². The summed E-state index contributed by atoms with van der Waals surface area (Å²) in [4.78, 5) is 0.128. The van der Waals surface area contributed by atoms with Crippen molar-refractivity contribution < 1.29 is 9.47 Å². The lowest BCUT2D eigenvalue weighted by molar-refractivity contribution is 0.171. The van der Waals surface area contributed by atoms with Gasteiger partial charge in [-0.15, -0.1) is 0 Å². The number of halogens is 3. The minimum atomic E-state index is 0.128. The molecule has 0 saturated heterocycles. The Labute approximate surface area is 148 Å². The Morgan fingerprint density at radius 3 is 2.55 bits per heavy atom. The Kier molecular flexibility index (Phi) is 4.57. The van der Waals surface area contributed by atoms with Gasteiger partial charge in [0.2, 0.25) is 0 Å². The van der Waals surface area contributed by atoms with Gasteiger partial charge in [0.25, 0.3) is 0 Å². The number of hydrogen-bond acceptors (Lipinski definition) is 2. The highest BCUT2D eigenvalue weighted by atomic mass is 127. The third kappa shape index (κ3) is 2.99. The van der Waals surface area contributed by atoms with Crippen LogP contribution < -0.4 is 9.47 Å². The van der Waals surface area contributed by atoms with Gasteiger partial charge in [0.05, 0.1) is 4.83 Å². The predicted octanol–water partition coefficient (Wildman–Crippen LogP) is 5.31. The molecule has 0 aromatic heterocycles. The maximum Gasteiger partial charge on any atom is 0.161 e. The first-order valence-corrected chi connectivity index (χ1v) is 8.92. The van der Waals surface area contributed by atoms with Crippen LogP contribution in [0.3, 0.4) is 0 Å². The van der Waals surface area contributed by atoms with Crippen LogP contribution in [0.4, 0.5) is 0 Å². The molecule has 2 nitrogen and oxygen atoms in total. The van der Waals surface area contributed by atoms with E-state index in [9.17, 15) is 0 Å². The van der Waals surface area contributed by atoms with E-state index in [4.69, 9.17) is 9.47 Å². The fourth-order valence-electron chi connectivity index (χ4n) is 2.11. The number of hydrogen-bond donors (Lipinski definition) is 0. The van der Waals surface area contributed by atoms with Crippen molar-refractivity contribution in [1.82, 2.24) is 0 Å². The van der Waals surface area contributed by atoms with Gasteiger partial charge in [-0.25, -0.2) is 0 Å². The minimum absolute atomic E-state index is 0.128.